The molecule has 0 aromatic heterocycles. The maximum Gasteiger partial charge on any atom is 0.387 e. The van der Waals surface area contributed by atoms with Crippen LogP contribution in [-0.4, -0.2) is 24.4 Å². The fourth-order valence-corrected chi connectivity index (χ4v) is 1.61. The van der Waals surface area contributed by atoms with Crippen LogP contribution in [0.25, 0.3) is 0 Å². The van der Waals surface area contributed by atoms with Gasteiger partial charge in [-0.1, -0.05) is 25.1 Å². The number of aliphatic hydroxyl groups is 1. The number of ether oxygens (including phenoxy) is 1. The standard InChI is InChI=1S/C13H19F2NO2/c1-3-10(17)8-16-9(2)11-6-4-5-7-12(11)18-13(14)15/h4-7,9-10,13,16-17H,3,8H2,1-2H3. The molecule has 18 heavy (non-hydrogen) atoms. The van der Waals surface area contributed by atoms with E-state index in [0.717, 1.165) is 0 Å². The third-order valence-electron chi connectivity index (χ3n) is 2.73. The Morgan fingerprint density at radius 1 is 1.33 bits per heavy atom. The molecular weight excluding hydrogens is 240 g/mol. The number of hydrogen-bond donors (Lipinski definition) is 2. The van der Waals surface area contributed by atoms with Crippen molar-refractivity contribution in [2.45, 2.75) is 39.0 Å². The van der Waals surface area contributed by atoms with Crippen LogP contribution in [0.4, 0.5) is 8.78 Å². The lowest BCUT2D eigenvalue weighted by atomic mass is 10.1. The summed E-state index contributed by atoms with van der Waals surface area (Å²) in [5, 5.41) is 12.5. The molecular formula is C13H19F2NO2. The predicted octanol–water partition coefficient (Wildman–Crippen LogP) is 2.71. The van der Waals surface area contributed by atoms with Crippen molar-refractivity contribution in [3.05, 3.63) is 29.8 Å². The third-order valence-corrected chi connectivity index (χ3v) is 2.73. The summed E-state index contributed by atoms with van der Waals surface area (Å²) < 4.78 is 29.0. The third kappa shape index (κ3) is 4.58. The van der Waals surface area contributed by atoms with E-state index in [1.807, 2.05) is 13.8 Å². The van der Waals surface area contributed by atoms with Gasteiger partial charge >= 0.3 is 6.61 Å². The van der Waals surface area contributed by atoms with E-state index in [4.69, 9.17) is 0 Å². The van der Waals surface area contributed by atoms with Gasteiger partial charge in [0.15, 0.2) is 0 Å². The minimum Gasteiger partial charge on any atom is -0.434 e. The second-order valence-electron chi connectivity index (χ2n) is 4.11. The lowest BCUT2D eigenvalue weighted by Gasteiger charge is -2.19. The Balaban J connectivity index is 2.69. The molecule has 2 atom stereocenters. The largest absolute Gasteiger partial charge is 0.434 e. The van der Waals surface area contributed by atoms with Crippen molar-refractivity contribution in [2.24, 2.45) is 0 Å². The Bertz CT molecular complexity index is 361. The first-order chi connectivity index (χ1) is 8.54. The van der Waals surface area contributed by atoms with Crippen molar-refractivity contribution in [1.82, 2.24) is 5.32 Å². The van der Waals surface area contributed by atoms with Gasteiger partial charge in [0.05, 0.1) is 6.10 Å². The van der Waals surface area contributed by atoms with Gasteiger partial charge in [0.25, 0.3) is 0 Å². The van der Waals surface area contributed by atoms with Crippen LogP contribution in [0.15, 0.2) is 24.3 Å². The molecule has 1 aromatic carbocycles. The van der Waals surface area contributed by atoms with E-state index in [-0.39, 0.29) is 11.8 Å². The highest BCUT2D eigenvalue weighted by atomic mass is 19.3. The highest BCUT2D eigenvalue weighted by molar-refractivity contribution is 5.35. The van der Waals surface area contributed by atoms with Crippen LogP contribution in [-0.2, 0) is 0 Å². The van der Waals surface area contributed by atoms with E-state index in [9.17, 15) is 13.9 Å². The van der Waals surface area contributed by atoms with Gasteiger partial charge in [-0.3, -0.25) is 0 Å². The van der Waals surface area contributed by atoms with Gasteiger partial charge in [-0.15, -0.1) is 0 Å². The Labute approximate surface area is 106 Å². The summed E-state index contributed by atoms with van der Waals surface area (Å²) >= 11 is 0. The number of alkyl halides is 2. The SMILES string of the molecule is CCC(O)CNC(C)c1ccccc1OC(F)F. The molecule has 0 saturated heterocycles. The molecule has 1 aromatic rings. The summed E-state index contributed by atoms with van der Waals surface area (Å²) in [6.45, 7) is 1.31. The summed E-state index contributed by atoms with van der Waals surface area (Å²) in [5.74, 6) is 0.165. The number of hydrogen-bond acceptors (Lipinski definition) is 3. The molecule has 1 rings (SSSR count). The van der Waals surface area contributed by atoms with E-state index in [2.05, 4.69) is 10.1 Å². The molecule has 0 radical (unpaired) electrons. The van der Waals surface area contributed by atoms with Crippen LogP contribution in [0, 0.1) is 0 Å². The second-order valence-corrected chi connectivity index (χ2v) is 4.11. The van der Waals surface area contributed by atoms with E-state index in [1.165, 1.54) is 6.07 Å². The van der Waals surface area contributed by atoms with Crippen LogP contribution in [0.1, 0.15) is 31.9 Å². The van der Waals surface area contributed by atoms with Crippen molar-refractivity contribution < 1.29 is 18.6 Å². The number of nitrogens with one attached hydrogen (secondary N) is 1. The first-order valence-corrected chi connectivity index (χ1v) is 5.99. The Morgan fingerprint density at radius 3 is 2.61 bits per heavy atom. The molecule has 0 amide bonds. The maximum absolute atomic E-state index is 12.2. The van der Waals surface area contributed by atoms with E-state index < -0.39 is 12.7 Å². The molecule has 0 aliphatic heterocycles. The molecule has 0 bridgehead atoms. The molecule has 0 spiro atoms. The van der Waals surface area contributed by atoms with Gasteiger partial charge in [0.1, 0.15) is 5.75 Å². The van der Waals surface area contributed by atoms with Crippen LogP contribution in [0.2, 0.25) is 0 Å². The number of halogens is 2. The summed E-state index contributed by atoms with van der Waals surface area (Å²) in [5.41, 5.74) is 0.654. The second kappa shape index (κ2) is 7.28. The molecule has 2 unspecified atom stereocenters. The van der Waals surface area contributed by atoms with Crippen LogP contribution in [0.5, 0.6) is 5.75 Å². The van der Waals surface area contributed by atoms with Crippen molar-refractivity contribution in [1.29, 1.82) is 0 Å². The summed E-state index contributed by atoms with van der Waals surface area (Å²) in [6, 6.07) is 6.49. The van der Waals surface area contributed by atoms with Gasteiger partial charge in [-0.05, 0) is 19.4 Å². The normalized spacial score (nSPS) is 14.6. The zero-order valence-corrected chi connectivity index (χ0v) is 10.6. The van der Waals surface area contributed by atoms with Crippen LogP contribution in [0.3, 0.4) is 0 Å². The van der Waals surface area contributed by atoms with Crippen molar-refractivity contribution >= 4 is 0 Å². The predicted molar refractivity (Wildman–Crippen MR) is 65.8 cm³/mol. The van der Waals surface area contributed by atoms with Gasteiger partial charge < -0.3 is 15.2 Å². The van der Waals surface area contributed by atoms with Crippen molar-refractivity contribution in [3.8, 4) is 5.75 Å². The smallest absolute Gasteiger partial charge is 0.387 e. The van der Waals surface area contributed by atoms with Crippen LogP contribution >= 0.6 is 0 Å². The zero-order valence-electron chi connectivity index (χ0n) is 10.6. The molecule has 0 saturated carbocycles. The van der Waals surface area contributed by atoms with Crippen molar-refractivity contribution in [2.75, 3.05) is 6.54 Å². The highest BCUT2D eigenvalue weighted by Gasteiger charge is 2.14. The minimum atomic E-state index is -2.83. The van der Waals surface area contributed by atoms with Gasteiger partial charge in [0.2, 0.25) is 0 Å². The quantitative estimate of drug-likeness (QED) is 0.791. The Morgan fingerprint density at radius 2 is 2.00 bits per heavy atom. The zero-order chi connectivity index (χ0) is 13.5. The molecule has 0 aliphatic rings. The topological polar surface area (TPSA) is 41.5 Å². The lowest BCUT2D eigenvalue weighted by Crippen LogP contribution is -2.28. The monoisotopic (exact) mass is 259 g/mol. The lowest BCUT2D eigenvalue weighted by molar-refractivity contribution is -0.0507. The van der Waals surface area contributed by atoms with Crippen LogP contribution < -0.4 is 10.1 Å². The number of rotatable bonds is 7. The average Bonchev–Trinajstić information content (AvgIpc) is 2.35. The summed E-state index contributed by atoms with van der Waals surface area (Å²) in [6.07, 6.45) is 0.213. The molecule has 5 heteroatoms. The minimum absolute atomic E-state index is 0.165. The number of aliphatic hydroxyl groups excluding tert-OH is 1. The summed E-state index contributed by atoms with van der Waals surface area (Å²) in [4.78, 5) is 0. The molecule has 0 aliphatic carbocycles. The fourth-order valence-electron chi connectivity index (χ4n) is 1.61. The van der Waals surface area contributed by atoms with E-state index in [0.29, 0.717) is 18.5 Å². The maximum atomic E-state index is 12.2. The van der Waals surface area contributed by atoms with E-state index in [1.54, 1.807) is 18.2 Å². The molecule has 2 N–H and O–H groups in total. The first-order valence-electron chi connectivity index (χ1n) is 5.99. The number of benzene rings is 1. The van der Waals surface area contributed by atoms with Gasteiger partial charge in [0, 0.05) is 18.2 Å². The fraction of sp³-hybridized carbons (Fsp3) is 0.538. The van der Waals surface area contributed by atoms with Crippen molar-refractivity contribution in [3.63, 3.8) is 0 Å². The van der Waals surface area contributed by atoms with Gasteiger partial charge in [-0.2, -0.15) is 8.78 Å². The molecule has 0 fully saturated rings. The first kappa shape index (κ1) is 14.9. The Hall–Kier alpha value is -1.20. The Kier molecular flexibility index (Phi) is 6.01. The van der Waals surface area contributed by atoms with E-state index >= 15 is 0 Å². The molecule has 3 nitrogen and oxygen atoms in total. The average molecular weight is 259 g/mol. The molecule has 0 heterocycles. The summed E-state index contributed by atoms with van der Waals surface area (Å²) in [7, 11) is 0. The number of para-hydroxylation sites is 1. The molecule has 102 valence electrons. The van der Waals surface area contributed by atoms with Gasteiger partial charge in [-0.25, -0.2) is 0 Å². The highest BCUT2D eigenvalue weighted by Crippen LogP contribution is 2.26.